The van der Waals surface area contributed by atoms with Gasteiger partial charge in [0.05, 0.1) is 17.9 Å². The Balaban J connectivity index is 4.11. The second-order valence-corrected chi connectivity index (χ2v) is 6.00. The molecule has 8 heteroatoms. The number of carbonyl (C=O) groups excluding carboxylic acids is 4. The maximum atomic E-state index is 11.8. The fourth-order valence-electron chi connectivity index (χ4n) is 1.47. The van der Waals surface area contributed by atoms with Gasteiger partial charge in [0.1, 0.15) is 6.61 Å². The first kappa shape index (κ1) is 21.2. The smallest absolute Gasteiger partial charge is 0.306 e. The number of carbonyl (C=O) groups is 4. The average Bonchev–Trinajstić information content (AvgIpc) is 2.53. The highest BCUT2D eigenvalue weighted by Crippen LogP contribution is 2.15. The number of rotatable bonds is 12. The van der Waals surface area contributed by atoms with Gasteiger partial charge < -0.3 is 14.5 Å². The molecule has 23 heavy (non-hydrogen) atoms. The molecule has 0 unspecified atom stereocenters. The third-order valence-electron chi connectivity index (χ3n) is 2.78. The van der Waals surface area contributed by atoms with Gasteiger partial charge in [-0.2, -0.15) is 0 Å². The standard InChI is InChI=1S/C15H24N2O5S/c1-4-6-17(3)14(20)10-13(11-18)23-9-5-15(21)22-8-7-16(2)12-19/h10-12H,4-9H2,1-3H3/b13-10+. The number of nitrogens with zero attached hydrogens (tertiary/aromatic N) is 2. The summed E-state index contributed by atoms with van der Waals surface area (Å²) in [7, 11) is 3.26. The van der Waals surface area contributed by atoms with E-state index in [9.17, 15) is 19.2 Å². The van der Waals surface area contributed by atoms with Crippen molar-refractivity contribution in [3.63, 3.8) is 0 Å². The Morgan fingerprint density at radius 1 is 1.17 bits per heavy atom. The van der Waals surface area contributed by atoms with Crippen LogP contribution in [0.4, 0.5) is 0 Å². The highest BCUT2D eigenvalue weighted by atomic mass is 32.2. The van der Waals surface area contributed by atoms with Crippen molar-refractivity contribution in [2.45, 2.75) is 19.8 Å². The molecule has 130 valence electrons. The Labute approximate surface area is 141 Å². The van der Waals surface area contributed by atoms with Crippen LogP contribution in [0.3, 0.4) is 0 Å². The molecule has 0 heterocycles. The normalized spacial score (nSPS) is 10.8. The molecule has 0 N–H and O–H groups in total. The molecule has 0 aliphatic carbocycles. The zero-order valence-electron chi connectivity index (χ0n) is 13.8. The number of ether oxygens (including phenoxy) is 1. The summed E-state index contributed by atoms with van der Waals surface area (Å²) in [5.41, 5.74) is 0. The van der Waals surface area contributed by atoms with Gasteiger partial charge in [-0.15, -0.1) is 11.8 Å². The van der Waals surface area contributed by atoms with Crippen molar-refractivity contribution < 1.29 is 23.9 Å². The lowest BCUT2D eigenvalue weighted by atomic mass is 10.4. The minimum atomic E-state index is -0.406. The van der Waals surface area contributed by atoms with E-state index in [1.165, 1.54) is 15.9 Å². The predicted octanol–water partition coefficient (Wildman–Crippen LogP) is 0.692. The van der Waals surface area contributed by atoms with Gasteiger partial charge in [0.2, 0.25) is 12.3 Å². The van der Waals surface area contributed by atoms with Crippen molar-refractivity contribution in [2.24, 2.45) is 0 Å². The molecule has 0 saturated carbocycles. The van der Waals surface area contributed by atoms with Gasteiger partial charge >= 0.3 is 5.97 Å². The molecule has 0 fully saturated rings. The summed E-state index contributed by atoms with van der Waals surface area (Å²) >= 11 is 1.14. The number of hydrogen-bond donors (Lipinski definition) is 0. The Kier molecular flexibility index (Phi) is 11.7. The highest BCUT2D eigenvalue weighted by molar-refractivity contribution is 8.03. The lowest BCUT2D eigenvalue weighted by molar-refractivity contribution is -0.144. The number of allylic oxidation sites excluding steroid dienone is 1. The number of hydrogen-bond acceptors (Lipinski definition) is 6. The van der Waals surface area contributed by atoms with Crippen molar-refractivity contribution in [3.05, 3.63) is 11.0 Å². The molecule has 0 aliphatic rings. The third-order valence-corrected chi connectivity index (χ3v) is 3.73. The number of aldehydes is 1. The summed E-state index contributed by atoms with van der Waals surface area (Å²) in [5, 5.41) is 0. The lowest BCUT2D eigenvalue weighted by Crippen LogP contribution is -2.25. The van der Waals surface area contributed by atoms with Gasteiger partial charge in [-0.25, -0.2) is 0 Å². The fourth-order valence-corrected chi connectivity index (χ4v) is 2.22. The molecule has 2 amide bonds. The maximum Gasteiger partial charge on any atom is 0.306 e. The first-order valence-corrected chi connectivity index (χ1v) is 8.29. The Morgan fingerprint density at radius 3 is 2.43 bits per heavy atom. The largest absolute Gasteiger partial charge is 0.464 e. The Morgan fingerprint density at radius 2 is 1.87 bits per heavy atom. The van der Waals surface area contributed by atoms with E-state index in [0.29, 0.717) is 31.5 Å². The van der Waals surface area contributed by atoms with E-state index in [1.54, 1.807) is 14.1 Å². The topological polar surface area (TPSA) is 84.0 Å². The van der Waals surface area contributed by atoms with Crippen molar-refractivity contribution in [3.8, 4) is 0 Å². The summed E-state index contributed by atoms with van der Waals surface area (Å²) in [6, 6.07) is 0. The Hall–Kier alpha value is -1.83. The molecule has 0 atom stereocenters. The summed E-state index contributed by atoms with van der Waals surface area (Å²) in [5.74, 6) is -0.296. The second-order valence-electron chi connectivity index (χ2n) is 4.83. The van der Waals surface area contributed by atoms with Gasteiger partial charge in [-0.1, -0.05) is 6.92 Å². The quantitative estimate of drug-likeness (QED) is 0.294. The lowest BCUT2D eigenvalue weighted by Gasteiger charge is -2.13. The zero-order chi connectivity index (χ0) is 17.7. The Bertz CT molecular complexity index is 440. The van der Waals surface area contributed by atoms with Crippen LogP contribution in [-0.4, -0.2) is 73.9 Å². The fraction of sp³-hybridized carbons (Fsp3) is 0.600. The van der Waals surface area contributed by atoms with Crippen LogP contribution < -0.4 is 0 Å². The van der Waals surface area contributed by atoms with E-state index in [1.807, 2.05) is 6.92 Å². The maximum absolute atomic E-state index is 11.8. The van der Waals surface area contributed by atoms with Gasteiger partial charge in [0.15, 0.2) is 6.29 Å². The summed E-state index contributed by atoms with van der Waals surface area (Å²) < 4.78 is 4.95. The molecular formula is C15H24N2O5S. The average molecular weight is 344 g/mol. The molecule has 0 radical (unpaired) electrons. The van der Waals surface area contributed by atoms with Gasteiger partial charge in [-0.05, 0) is 6.42 Å². The van der Waals surface area contributed by atoms with E-state index in [4.69, 9.17) is 4.74 Å². The molecule has 0 spiro atoms. The molecule has 0 aromatic carbocycles. The van der Waals surface area contributed by atoms with E-state index in [2.05, 4.69) is 0 Å². The predicted molar refractivity (Wildman–Crippen MR) is 88.8 cm³/mol. The van der Waals surface area contributed by atoms with Crippen LogP contribution in [0.2, 0.25) is 0 Å². The molecule has 0 rings (SSSR count). The van der Waals surface area contributed by atoms with Gasteiger partial charge in [-0.3, -0.25) is 19.2 Å². The summed E-state index contributed by atoms with van der Waals surface area (Å²) in [6.07, 6.45) is 3.49. The van der Waals surface area contributed by atoms with Crippen LogP contribution in [0.5, 0.6) is 0 Å². The molecule has 0 aromatic rings. The number of amides is 2. The van der Waals surface area contributed by atoms with E-state index in [0.717, 1.165) is 18.2 Å². The number of thioether (sulfide) groups is 1. The highest BCUT2D eigenvalue weighted by Gasteiger charge is 2.09. The summed E-state index contributed by atoms with van der Waals surface area (Å²) in [4.78, 5) is 47.8. The SMILES string of the molecule is CCCN(C)C(=O)/C=C(\C=O)SCCC(=O)OCCN(C)C=O. The van der Waals surface area contributed by atoms with Gasteiger partial charge in [0, 0.05) is 32.5 Å². The first-order chi connectivity index (χ1) is 10.9. The molecule has 0 bridgehead atoms. The molecule has 0 aliphatic heterocycles. The van der Waals surface area contributed by atoms with Gasteiger partial charge in [0.25, 0.3) is 0 Å². The van der Waals surface area contributed by atoms with Crippen LogP contribution in [0.25, 0.3) is 0 Å². The van der Waals surface area contributed by atoms with Crippen LogP contribution in [0, 0.1) is 0 Å². The third kappa shape index (κ3) is 10.5. The molecule has 0 aromatic heterocycles. The first-order valence-electron chi connectivity index (χ1n) is 7.30. The zero-order valence-corrected chi connectivity index (χ0v) is 14.6. The van der Waals surface area contributed by atoms with Crippen molar-refractivity contribution in [1.82, 2.24) is 9.80 Å². The van der Waals surface area contributed by atoms with E-state index in [-0.39, 0.29) is 23.8 Å². The summed E-state index contributed by atoms with van der Waals surface area (Å²) in [6.45, 7) is 3.05. The van der Waals surface area contributed by atoms with Crippen LogP contribution in [0.15, 0.2) is 11.0 Å². The molecule has 0 saturated heterocycles. The second kappa shape index (κ2) is 12.7. The van der Waals surface area contributed by atoms with Crippen LogP contribution in [-0.2, 0) is 23.9 Å². The number of likely N-dealkylation sites (N-methyl/N-ethyl adjacent to an activating group) is 2. The van der Waals surface area contributed by atoms with Crippen molar-refractivity contribution in [1.29, 1.82) is 0 Å². The van der Waals surface area contributed by atoms with E-state index < -0.39 is 5.97 Å². The van der Waals surface area contributed by atoms with Crippen molar-refractivity contribution in [2.75, 3.05) is 39.5 Å². The van der Waals surface area contributed by atoms with Crippen molar-refractivity contribution >= 4 is 36.3 Å². The monoisotopic (exact) mass is 344 g/mol. The van der Waals surface area contributed by atoms with Crippen LogP contribution >= 0.6 is 11.8 Å². The molecule has 7 nitrogen and oxygen atoms in total. The minimum absolute atomic E-state index is 0.125. The number of esters is 1. The minimum Gasteiger partial charge on any atom is -0.464 e. The van der Waals surface area contributed by atoms with Crippen LogP contribution in [0.1, 0.15) is 19.8 Å². The molecular weight excluding hydrogens is 320 g/mol. The van der Waals surface area contributed by atoms with E-state index >= 15 is 0 Å².